The summed E-state index contributed by atoms with van der Waals surface area (Å²) in [6.07, 6.45) is 1.30. The Kier molecular flexibility index (Phi) is 7.41. The molecule has 5 heteroatoms. The smallest absolute Gasteiger partial charge is 0.246 e. The summed E-state index contributed by atoms with van der Waals surface area (Å²) in [6.45, 7) is 8.09. The lowest BCUT2D eigenvalue weighted by Crippen LogP contribution is -2.40. The molecule has 0 radical (unpaired) electrons. The maximum Gasteiger partial charge on any atom is 0.246 e. The number of amides is 2. The zero-order chi connectivity index (χ0) is 19.8. The van der Waals surface area contributed by atoms with Crippen LogP contribution in [0.25, 0.3) is 0 Å². The number of para-hydroxylation sites is 1. The normalized spacial score (nSPS) is 10.6. The van der Waals surface area contributed by atoms with Crippen molar-refractivity contribution < 1.29 is 9.59 Å². The van der Waals surface area contributed by atoms with Gasteiger partial charge in [-0.3, -0.25) is 9.59 Å². The first-order valence-corrected chi connectivity index (χ1v) is 9.44. The van der Waals surface area contributed by atoms with Gasteiger partial charge in [0.2, 0.25) is 11.8 Å². The second-order valence-electron chi connectivity index (χ2n) is 6.82. The molecule has 0 aliphatic carbocycles. The van der Waals surface area contributed by atoms with E-state index >= 15 is 0 Å². The lowest BCUT2D eigenvalue weighted by molar-refractivity contribution is -0.117. The molecule has 0 atom stereocenters. The van der Waals surface area contributed by atoms with Crippen LogP contribution in [-0.2, 0) is 9.59 Å². The zero-order valence-corrected chi connectivity index (χ0v) is 16.6. The van der Waals surface area contributed by atoms with Crippen molar-refractivity contribution in [2.45, 2.75) is 46.6 Å². The van der Waals surface area contributed by atoms with Gasteiger partial charge in [0.15, 0.2) is 0 Å². The maximum absolute atomic E-state index is 12.8. The van der Waals surface area contributed by atoms with Crippen LogP contribution in [0.1, 0.15) is 39.2 Å². The third-order valence-electron chi connectivity index (χ3n) is 4.33. The Morgan fingerprint density at radius 3 is 2.30 bits per heavy atom. The van der Waals surface area contributed by atoms with Gasteiger partial charge in [-0.15, -0.1) is 0 Å². The second-order valence-corrected chi connectivity index (χ2v) is 6.82. The van der Waals surface area contributed by atoms with Crippen molar-refractivity contribution >= 4 is 28.9 Å². The highest BCUT2D eigenvalue weighted by Gasteiger charge is 2.19. The first-order chi connectivity index (χ1) is 12.9. The molecule has 0 saturated heterocycles. The zero-order valence-electron chi connectivity index (χ0n) is 16.6. The summed E-state index contributed by atoms with van der Waals surface area (Å²) in [7, 11) is 0. The molecule has 2 amide bonds. The molecule has 2 rings (SSSR count). The number of rotatable bonds is 8. The number of anilines is 3. The van der Waals surface area contributed by atoms with E-state index in [1.54, 1.807) is 4.90 Å². The third-order valence-corrected chi connectivity index (χ3v) is 4.33. The van der Waals surface area contributed by atoms with Crippen molar-refractivity contribution in [1.82, 2.24) is 0 Å². The van der Waals surface area contributed by atoms with Crippen LogP contribution in [0.2, 0.25) is 0 Å². The van der Waals surface area contributed by atoms with Crippen molar-refractivity contribution in [2.75, 3.05) is 22.1 Å². The molecule has 0 unspecified atom stereocenters. The molecule has 5 nitrogen and oxygen atoms in total. The number of hydrogen-bond acceptors (Lipinski definition) is 3. The molecule has 2 aromatic rings. The van der Waals surface area contributed by atoms with Crippen LogP contribution >= 0.6 is 0 Å². The van der Waals surface area contributed by atoms with Gasteiger partial charge in [-0.25, -0.2) is 0 Å². The summed E-state index contributed by atoms with van der Waals surface area (Å²) in [5.41, 5.74) is 3.42. The predicted octanol–water partition coefficient (Wildman–Crippen LogP) is 4.59. The lowest BCUT2D eigenvalue weighted by atomic mass is 10.1. The summed E-state index contributed by atoms with van der Waals surface area (Å²) in [6, 6.07) is 15.4. The van der Waals surface area contributed by atoms with E-state index in [1.165, 1.54) is 0 Å². The highest BCUT2D eigenvalue weighted by molar-refractivity contribution is 5.97. The number of nitrogens with zero attached hydrogens (tertiary/aromatic N) is 1. The number of nitrogens with one attached hydrogen (secondary N) is 2. The maximum atomic E-state index is 12.8. The van der Waals surface area contributed by atoms with Crippen LogP contribution in [-0.4, -0.2) is 24.4 Å². The summed E-state index contributed by atoms with van der Waals surface area (Å²) in [4.78, 5) is 26.5. The Balaban J connectivity index is 2.09. The molecular formula is C22H29N3O2. The summed E-state index contributed by atoms with van der Waals surface area (Å²) >= 11 is 0. The van der Waals surface area contributed by atoms with Crippen molar-refractivity contribution in [2.24, 2.45) is 0 Å². The van der Waals surface area contributed by atoms with Gasteiger partial charge in [-0.1, -0.05) is 31.2 Å². The van der Waals surface area contributed by atoms with E-state index < -0.39 is 0 Å². The van der Waals surface area contributed by atoms with E-state index in [0.29, 0.717) is 6.42 Å². The van der Waals surface area contributed by atoms with E-state index in [9.17, 15) is 9.59 Å². The van der Waals surface area contributed by atoms with Crippen LogP contribution in [0, 0.1) is 6.92 Å². The molecule has 0 fully saturated rings. The fraction of sp³-hybridized carbons (Fsp3) is 0.364. The van der Waals surface area contributed by atoms with Crippen LogP contribution in [0.5, 0.6) is 0 Å². The van der Waals surface area contributed by atoms with Crippen molar-refractivity contribution in [1.29, 1.82) is 0 Å². The summed E-state index contributed by atoms with van der Waals surface area (Å²) in [5, 5.41) is 6.15. The first-order valence-electron chi connectivity index (χ1n) is 9.44. The Labute approximate surface area is 161 Å². The minimum Gasteiger partial charge on any atom is -0.376 e. The third kappa shape index (κ3) is 5.58. The van der Waals surface area contributed by atoms with Crippen LogP contribution in [0.4, 0.5) is 17.1 Å². The van der Waals surface area contributed by atoms with Crippen molar-refractivity contribution in [3.05, 3.63) is 54.1 Å². The number of hydrogen-bond donors (Lipinski definition) is 2. The van der Waals surface area contributed by atoms with Gasteiger partial charge in [-0.05, 0) is 57.0 Å². The van der Waals surface area contributed by atoms with Gasteiger partial charge in [0, 0.05) is 29.5 Å². The quantitative estimate of drug-likeness (QED) is 0.717. The molecule has 0 spiro atoms. The van der Waals surface area contributed by atoms with Gasteiger partial charge in [-0.2, -0.15) is 0 Å². The fourth-order valence-electron chi connectivity index (χ4n) is 2.98. The Morgan fingerprint density at radius 2 is 1.67 bits per heavy atom. The van der Waals surface area contributed by atoms with E-state index in [2.05, 4.69) is 10.6 Å². The minimum atomic E-state index is -0.00368. The molecule has 0 saturated carbocycles. The van der Waals surface area contributed by atoms with Crippen molar-refractivity contribution in [3.63, 3.8) is 0 Å². The first kappa shape index (κ1) is 20.5. The molecule has 144 valence electrons. The average Bonchev–Trinajstić information content (AvgIpc) is 2.63. The molecular weight excluding hydrogens is 338 g/mol. The second kappa shape index (κ2) is 9.76. The number of carbonyl (C=O) groups is 2. The van der Waals surface area contributed by atoms with E-state index in [1.807, 2.05) is 76.2 Å². The van der Waals surface area contributed by atoms with Gasteiger partial charge in [0.1, 0.15) is 0 Å². The molecule has 27 heavy (non-hydrogen) atoms. The molecule has 0 bridgehead atoms. The van der Waals surface area contributed by atoms with Crippen LogP contribution in [0.15, 0.2) is 48.5 Å². The van der Waals surface area contributed by atoms with E-state index in [4.69, 9.17) is 0 Å². The highest BCUT2D eigenvalue weighted by atomic mass is 16.2. The Hall–Kier alpha value is -2.82. The number of carbonyl (C=O) groups excluding carboxylic acids is 2. The monoisotopic (exact) mass is 367 g/mol. The molecule has 0 heterocycles. The molecule has 0 aliphatic rings. The largest absolute Gasteiger partial charge is 0.376 e. The van der Waals surface area contributed by atoms with E-state index in [0.717, 1.165) is 29.0 Å². The highest BCUT2D eigenvalue weighted by Crippen LogP contribution is 2.24. The minimum absolute atomic E-state index is 0.00360. The predicted molar refractivity (Wildman–Crippen MR) is 112 cm³/mol. The fourth-order valence-corrected chi connectivity index (χ4v) is 2.98. The molecule has 2 N–H and O–H groups in total. The van der Waals surface area contributed by atoms with Gasteiger partial charge in [0.25, 0.3) is 0 Å². The lowest BCUT2D eigenvalue weighted by Gasteiger charge is -2.27. The van der Waals surface area contributed by atoms with E-state index in [-0.39, 0.29) is 24.4 Å². The van der Waals surface area contributed by atoms with Crippen LogP contribution in [0.3, 0.4) is 0 Å². The molecule has 0 aromatic heterocycles. The number of benzene rings is 2. The molecule has 0 aliphatic heterocycles. The summed E-state index contributed by atoms with van der Waals surface area (Å²) < 4.78 is 0. The van der Waals surface area contributed by atoms with Gasteiger partial charge in [0.05, 0.1) is 6.54 Å². The molecule has 2 aromatic carbocycles. The van der Waals surface area contributed by atoms with Gasteiger partial charge >= 0.3 is 0 Å². The SMILES string of the molecule is CCCC(=O)Nc1cccc(NCC(=O)N(c2ccccc2)C(C)C)c1C. The van der Waals surface area contributed by atoms with Gasteiger partial charge < -0.3 is 15.5 Å². The topological polar surface area (TPSA) is 61.4 Å². The Bertz CT molecular complexity index is 772. The summed E-state index contributed by atoms with van der Waals surface area (Å²) in [5.74, 6) is -0.0000847. The van der Waals surface area contributed by atoms with Crippen LogP contribution < -0.4 is 15.5 Å². The Morgan fingerprint density at radius 1 is 1.00 bits per heavy atom. The average molecular weight is 367 g/mol. The van der Waals surface area contributed by atoms with Crippen molar-refractivity contribution in [3.8, 4) is 0 Å². The standard InChI is InChI=1S/C22H29N3O2/c1-5-10-21(26)24-20-14-9-13-19(17(20)4)23-15-22(27)25(16(2)3)18-11-7-6-8-12-18/h6-9,11-14,16,23H,5,10,15H2,1-4H3,(H,24,26).